The monoisotopic (exact) mass is 222 g/mol. The molecule has 1 fully saturated rings. The number of hydrogen-bond acceptors (Lipinski definition) is 5. The van der Waals surface area contributed by atoms with Crippen LogP contribution in [0.5, 0.6) is 0 Å². The van der Waals surface area contributed by atoms with Gasteiger partial charge in [0.25, 0.3) is 0 Å². The summed E-state index contributed by atoms with van der Waals surface area (Å²) in [5.74, 6) is 1.72. The van der Waals surface area contributed by atoms with Crippen molar-refractivity contribution in [2.45, 2.75) is 32.2 Å². The predicted molar refractivity (Wildman–Crippen MR) is 63.4 cm³/mol. The summed E-state index contributed by atoms with van der Waals surface area (Å²) < 4.78 is 5.32. The number of anilines is 2. The molecule has 0 radical (unpaired) electrons. The SMILES string of the molecule is CC(C)c1c(N)ncnc1NC1CCOC1. The Kier molecular flexibility index (Phi) is 3.24. The molecule has 2 heterocycles. The second-order valence-electron chi connectivity index (χ2n) is 4.38. The Morgan fingerprint density at radius 1 is 1.50 bits per heavy atom. The third-order valence-electron chi connectivity index (χ3n) is 2.76. The molecule has 1 aliphatic heterocycles. The average molecular weight is 222 g/mol. The molecule has 5 heteroatoms. The number of hydrogen-bond donors (Lipinski definition) is 2. The molecule has 1 saturated heterocycles. The lowest BCUT2D eigenvalue weighted by molar-refractivity contribution is 0.195. The Morgan fingerprint density at radius 2 is 2.31 bits per heavy atom. The Morgan fingerprint density at radius 3 is 2.94 bits per heavy atom. The third kappa shape index (κ3) is 2.24. The molecule has 3 N–H and O–H groups in total. The molecule has 1 atom stereocenters. The van der Waals surface area contributed by atoms with Gasteiger partial charge in [-0.2, -0.15) is 0 Å². The summed E-state index contributed by atoms with van der Waals surface area (Å²) >= 11 is 0. The van der Waals surface area contributed by atoms with Crippen molar-refractivity contribution < 1.29 is 4.74 Å². The first-order valence-corrected chi connectivity index (χ1v) is 5.63. The van der Waals surface area contributed by atoms with Gasteiger partial charge in [-0.3, -0.25) is 0 Å². The standard InChI is InChI=1S/C11H18N4O/c1-7(2)9-10(12)13-6-14-11(9)15-8-3-4-16-5-8/h6-8H,3-5H2,1-2H3,(H3,12,13,14,15). The lowest BCUT2D eigenvalue weighted by atomic mass is 10.0. The molecule has 0 saturated carbocycles. The Labute approximate surface area is 95.4 Å². The lowest BCUT2D eigenvalue weighted by Gasteiger charge is -2.17. The van der Waals surface area contributed by atoms with Crippen LogP contribution in [0.4, 0.5) is 11.6 Å². The van der Waals surface area contributed by atoms with Gasteiger partial charge in [-0.25, -0.2) is 9.97 Å². The van der Waals surface area contributed by atoms with Crippen molar-refractivity contribution in [1.82, 2.24) is 9.97 Å². The van der Waals surface area contributed by atoms with E-state index in [1.165, 1.54) is 6.33 Å². The summed E-state index contributed by atoms with van der Waals surface area (Å²) in [6.45, 7) is 5.73. The van der Waals surface area contributed by atoms with E-state index in [9.17, 15) is 0 Å². The van der Waals surface area contributed by atoms with Crippen LogP contribution in [-0.4, -0.2) is 29.2 Å². The normalized spacial score (nSPS) is 20.3. The molecule has 1 aliphatic rings. The van der Waals surface area contributed by atoms with Crippen LogP contribution >= 0.6 is 0 Å². The molecule has 0 amide bonds. The number of nitrogens with two attached hydrogens (primary N) is 1. The van der Waals surface area contributed by atoms with Gasteiger partial charge in [0.05, 0.1) is 12.6 Å². The van der Waals surface area contributed by atoms with Crippen molar-refractivity contribution >= 4 is 11.6 Å². The number of nitrogen functional groups attached to an aromatic ring is 1. The van der Waals surface area contributed by atoms with Gasteiger partial charge in [0.15, 0.2) is 0 Å². The van der Waals surface area contributed by atoms with Crippen LogP contribution in [-0.2, 0) is 4.74 Å². The molecule has 1 aromatic rings. The second kappa shape index (κ2) is 4.65. The molecule has 5 nitrogen and oxygen atoms in total. The average Bonchev–Trinajstić information content (AvgIpc) is 2.70. The van der Waals surface area contributed by atoms with E-state index < -0.39 is 0 Å². The highest BCUT2D eigenvalue weighted by molar-refractivity contribution is 5.57. The number of rotatable bonds is 3. The van der Waals surface area contributed by atoms with Crippen molar-refractivity contribution in [1.29, 1.82) is 0 Å². The number of nitrogens with zero attached hydrogens (tertiary/aromatic N) is 2. The maximum atomic E-state index is 5.87. The maximum Gasteiger partial charge on any atom is 0.135 e. The van der Waals surface area contributed by atoms with Gasteiger partial charge >= 0.3 is 0 Å². The fraction of sp³-hybridized carbons (Fsp3) is 0.636. The van der Waals surface area contributed by atoms with E-state index in [4.69, 9.17) is 10.5 Å². The zero-order valence-electron chi connectivity index (χ0n) is 9.73. The molecule has 0 aromatic carbocycles. The van der Waals surface area contributed by atoms with E-state index in [0.29, 0.717) is 17.8 Å². The lowest BCUT2D eigenvalue weighted by Crippen LogP contribution is -2.21. The first-order chi connectivity index (χ1) is 7.68. The molecular weight excluding hydrogens is 204 g/mol. The number of ether oxygens (including phenoxy) is 1. The van der Waals surface area contributed by atoms with Gasteiger partial charge < -0.3 is 15.8 Å². The minimum Gasteiger partial charge on any atom is -0.383 e. The second-order valence-corrected chi connectivity index (χ2v) is 4.38. The fourth-order valence-corrected chi connectivity index (χ4v) is 1.94. The van der Waals surface area contributed by atoms with E-state index in [-0.39, 0.29) is 0 Å². The van der Waals surface area contributed by atoms with Crippen LogP contribution in [0.3, 0.4) is 0 Å². The van der Waals surface area contributed by atoms with Crippen LogP contribution in [0.25, 0.3) is 0 Å². The fourth-order valence-electron chi connectivity index (χ4n) is 1.94. The van der Waals surface area contributed by atoms with E-state index in [1.807, 2.05) is 0 Å². The summed E-state index contributed by atoms with van der Waals surface area (Å²) in [6.07, 6.45) is 2.51. The minimum atomic E-state index is 0.311. The summed E-state index contributed by atoms with van der Waals surface area (Å²) in [7, 11) is 0. The van der Waals surface area contributed by atoms with Gasteiger partial charge in [0.1, 0.15) is 18.0 Å². The highest BCUT2D eigenvalue weighted by atomic mass is 16.5. The minimum absolute atomic E-state index is 0.311. The van der Waals surface area contributed by atoms with E-state index >= 15 is 0 Å². The molecule has 1 aromatic heterocycles. The largest absolute Gasteiger partial charge is 0.383 e. The first kappa shape index (κ1) is 11.1. The van der Waals surface area contributed by atoms with Gasteiger partial charge in [0, 0.05) is 12.2 Å². The van der Waals surface area contributed by atoms with Crippen molar-refractivity contribution in [3.63, 3.8) is 0 Å². The molecule has 16 heavy (non-hydrogen) atoms. The smallest absolute Gasteiger partial charge is 0.135 e. The number of aromatic nitrogens is 2. The molecule has 88 valence electrons. The summed E-state index contributed by atoms with van der Waals surface area (Å²) in [4.78, 5) is 8.30. The maximum absolute atomic E-state index is 5.87. The molecular formula is C11H18N4O. The molecule has 0 bridgehead atoms. The van der Waals surface area contributed by atoms with Crippen molar-refractivity contribution in [3.05, 3.63) is 11.9 Å². The van der Waals surface area contributed by atoms with Crippen molar-refractivity contribution in [3.8, 4) is 0 Å². The first-order valence-electron chi connectivity index (χ1n) is 5.63. The Hall–Kier alpha value is -1.36. The summed E-state index contributed by atoms with van der Waals surface area (Å²) in [5.41, 5.74) is 6.87. The van der Waals surface area contributed by atoms with E-state index in [1.54, 1.807) is 0 Å². The highest BCUT2D eigenvalue weighted by Crippen LogP contribution is 2.27. The van der Waals surface area contributed by atoms with Gasteiger partial charge in [0.2, 0.25) is 0 Å². The van der Waals surface area contributed by atoms with Crippen LogP contribution < -0.4 is 11.1 Å². The topological polar surface area (TPSA) is 73.1 Å². The quantitative estimate of drug-likeness (QED) is 0.808. The third-order valence-corrected chi connectivity index (χ3v) is 2.76. The molecule has 1 unspecified atom stereocenters. The van der Waals surface area contributed by atoms with Crippen molar-refractivity contribution in [2.24, 2.45) is 0 Å². The van der Waals surface area contributed by atoms with Crippen molar-refractivity contribution in [2.75, 3.05) is 24.3 Å². The molecule has 2 rings (SSSR count). The van der Waals surface area contributed by atoms with Crippen LogP contribution in [0.1, 0.15) is 31.7 Å². The van der Waals surface area contributed by atoms with Gasteiger partial charge in [-0.05, 0) is 12.3 Å². The zero-order chi connectivity index (χ0) is 11.5. The van der Waals surface area contributed by atoms with E-state index in [0.717, 1.165) is 31.0 Å². The van der Waals surface area contributed by atoms with Gasteiger partial charge in [-0.15, -0.1) is 0 Å². The van der Waals surface area contributed by atoms with Crippen LogP contribution in [0, 0.1) is 0 Å². The molecule has 0 spiro atoms. The Balaban J connectivity index is 2.21. The number of nitrogens with one attached hydrogen (secondary N) is 1. The van der Waals surface area contributed by atoms with E-state index in [2.05, 4.69) is 29.1 Å². The van der Waals surface area contributed by atoms with Gasteiger partial charge in [-0.1, -0.05) is 13.8 Å². The Bertz CT molecular complexity index is 361. The zero-order valence-corrected chi connectivity index (χ0v) is 9.73. The summed E-state index contributed by atoms with van der Waals surface area (Å²) in [6, 6.07) is 0.340. The van der Waals surface area contributed by atoms with Crippen LogP contribution in [0.15, 0.2) is 6.33 Å². The predicted octanol–water partition coefficient (Wildman–Crippen LogP) is 1.38. The summed E-state index contributed by atoms with van der Waals surface area (Å²) in [5, 5.41) is 3.38. The highest BCUT2D eigenvalue weighted by Gasteiger charge is 2.19. The van der Waals surface area contributed by atoms with Crippen LogP contribution in [0.2, 0.25) is 0 Å². The molecule has 0 aliphatic carbocycles.